The van der Waals surface area contributed by atoms with Crippen LogP contribution in [0.5, 0.6) is 0 Å². The van der Waals surface area contributed by atoms with Gasteiger partial charge in [-0.05, 0) is 44.7 Å². The highest BCUT2D eigenvalue weighted by atomic mass is 15.1. The molecule has 0 bridgehead atoms. The Hall–Kier alpha value is -0.0400. The minimum absolute atomic E-state index is 0.560. The van der Waals surface area contributed by atoms with Gasteiger partial charge in [0.15, 0.2) is 0 Å². The molecule has 0 aromatic heterocycles. The van der Waals surface area contributed by atoms with Crippen molar-refractivity contribution in [2.75, 3.05) is 13.6 Å². The maximum absolute atomic E-state index is 2.60. The molecule has 0 radical (unpaired) electrons. The molecular weight excluding hydrogens is 278 g/mol. The van der Waals surface area contributed by atoms with Crippen molar-refractivity contribution in [2.45, 2.75) is 124 Å². The summed E-state index contributed by atoms with van der Waals surface area (Å²) < 4.78 is 0. The molecule has 1 unspecified atom stereocenters. The molecule has 0 aliphatic carbocycles. The summed E-state index contributed by atoms with van der Waals surface area (Å²) in [7, 11) is 2.33. The average molecular weight is 326 g/mol. The molecule has 0 heterocycles. The first-order valence-electron chi connectivity index (χ1n) is 10.7. The normalized spacial score (nSPS) is 13.7. The Kier molecular flexibility index (Phi) is 14.3. The fourth-order valence-corrected chi connectivity index (χ4v) is 3.92. The molecule has 0 aromatic carbocycles. The summed E-state index contributed by atoms with van der Waals surface area (Å²) in [4.78, 5) is 2.60. The minimum Gasteiger partial charge on any atom is -0.304 e. The standard InChI is InChI=1S/C22H47N/c1-7-11-13-15-18-22(5,19-16-14-12-8-2)20-21(17-9-3)23(6)10-4/h21H,7-20H2,1-6H3. The number of nitrogens with zero attached hydrogens (tertiary/aromatic N) is 1. The highest BCUT2D eigenvalue weighted by molar-refractivity contribution is 4.82. The number of hydrogen-bond donors (Lipinski definition) is 0. The lowest BCUT2D eigenvalue weighted by molar-refractivity contribution is 0.133. The Morgan fingerprint density at radius 3 is 1.65 bits per heavy atom. The molecule has 0 N–H and O–H groups in total. The van der Waals surface area contributed by atoms with Crippen molar-refractivity contribution in [2.24, 2.45) is 5.41 Å². The maximum Gasteiger partial charge on any atom is 0.00971 e. The Morgan fingerprint density at radius 1 is 0.739 bits per heavy atom. The lowest BCUT2D eigenvalue weighted by atomic mass is 9.74. The zero-order valence-electron chi connectivity index (χ0n) is 17.4. The summed E-state index contributed by atoms with van der Waals surface area (Å²) in [5.41, 5.74) is 0.560. The van der Waals surface area contributed by atoms with Crippen molar-refractivity contribution in [3.63, 3.8) is 0 Å². The lowest BCUT2D eigenvalue weighted by Gasteiger charge is -2.37. The molecule has 0 fully saturated rings. The van der Waals surface area contributed by atoms with Gasteiger partial charge < -0.3 is 4.90 Å². The molecule has 1 heteroatoms. The van der Waals surface area contributed by atoms with E-state index < -0.39 is 0 Å². The van der Waals surface area contributed by atoms with Crippen LogP contribution in [0.15, 0.2) is 0 Å². The van der Waals surface area contributed by atoms with Crippen LogP contribution >= 0.6 is 0 Å². The molecule has 0 aliphatic heterocycles. The van der Waals surface area contributed by atoms with Crippen molar-refractivity contribution in [3.8, 4) is 0 Å². The van der Waals surface area contributed by atoms with Crippen LogP contribution in [0.2, 0.25) is 0 Å². The Bertz CT molecular complexity index is 236. The van der Waals surface area contributed by atoms with Crippen molar-refractivity contribution >= 4 is 0 Å². The van der Waals surface area contributed by atoms with Gasteiger partial charge in [0.1, 0.15) is 0 Å². The van der Waals surface area contributed by atoms with E-state index in [-0.39, 0.29) is 0 Å². The van der Waals surface area contributed by atoms with Crippen LogP contribution in [0.3, 0.4) is 0 Å². The second-order valence-corrected chi connectivity index (χ2v) is 8.15. The van der Waals surface area contributed by atoms with Gasteiger partial charge in [0.05, 0.1) is 0 Å². The summed E-state index contributed by atoms with van der Waals surface area (Å²) in [5.74, 6) is 0. The van der Waals surface area contributed by atoms with Gasteiger partial charge in [0, 0.05) is 6.04 Å². The fourth-order valence-electron chi connectivity index (χ4n) is 3.92. The first-order chi connectivity index (χ1) is 11.0. The Labute approximate surface area is 148 Å². The largest absolute Gasteiger partial charge is 0.304 e. The predicted molar refractivity (Wildman–Crippen MR) is 107 cm³/mol. The van der Waals surface area contributed by atoms with E-state index in [1.807, 2.05) is 0 Å². The summed E-state index contributed by atoms with van der Waals surface area (Å²) in [6, 6.07) is 0.785. The maximum atomic E-state index is 2.60. The molecule has 0 saturated heterocycles. The second kappa shape index (κ2) is 14.3. The van der Waals surface area contributed by atoms with Crippen LogP contribution in [-0.4, -0.2) is 24.5 Å². The molecule has 0 aliphatic rings. The molecular formula is C22H47N. The number of rotatable bonds is 16. The molecule has 1 atom stereocenters. The highest BCUT2D eigenvalue weighted by Gasteiger charge is 2.28. The zero-order chi connectivity index (χ0) is 17.6. The van der Waals surface area contributed by atoms with Gasteiger partial charge in [0.25, 0.3) is 0 Å². The van der Waals surface area contributed by atoms with Gasteiger partial charge in [-0.1, -0.05) is 92.4 Å². The third-order valence-electron chi connectivity index (χ3n) is 5.74. The SMILES string of the molecule is CCCCCCC(C)(CCCCCC)CC(CCC)N(C)CC. The summed E-state index contributed by atoms with van der Waals surface area (Å²) in [6.07, 6.45) is 18.2. The van der Waals surface area contributed by atoms with Crippen LogP contribution in [0.25, 0.3) is 0 Å². The van der Waals surface area contributed by atoms with E-state index in [9.17, 15) is 0 Å². The third-order valence-corrected chi connectivity index (χ3v) is 5.74. The number of unbranched alkanes of at least 4 members (excludes halogenated alkanes) is 6. The van der Waals surface area contributed by atoms with E-state index in [0.717, 1.165) is 6.04 Å². The van der Waals surface area contributed by atoms with Crippen LogP contribution < -0.4 is 0 Å². The lowest BCUT2D eigenvalue weighted by Crippen LogP contribution is -2.36. The average Bonchev–Trinajstić information content (AvgIpc) is 2.55. The van der Waals surface area contributed by atoms with Gasteiger partial charge in [-0.2, -0.15) is 0 Å². The van der Waals surface area contributed by atoms with E-state index in [4.69, 9.17) is 0 Å². The summed E-state index contributed by atoms with van der Waals surface area (Å²) >= 11 is 0. The zero-order valence-corrected chi connectivity index (χ0v) is 17.4. The van der Waals surface area contributed by atoms with E-state index in [0.29, 0.717) is 5.41 Å². The number of hydrogen-bond acceptors (Lipinski definition) is 1. The summed E-state index contributed by atoms with van der Waals surface area (Å²) in [6.45, 7) is 13.1. The van der Waals surface area contributed by atoms with Gasteiger partial charge >= 0.3 is 0 Å². The molecule has 0 rings (SSSR count). The molecule has 0 amide bonds. The first-order valence-corrected chi connectivity index (χ1v) is 10.7. The molecule has 23 heavy (non-hydrogen) atoms. The van der Waals surface area contributed by atoms with Gasteiger partial charge in [-0.3, -0.25) is 0 Å². The fraction of sp³-hybridized carbons (Fsp3) is 1.00. The van der Waals surface area contributed by atoms with Crippen LogP contribution in [0, 0.1) is 5.41 Å². The van der Waals surface area contributed by atoms with Crippen LogP contribution in [-0.2, 0) is 0 Å². The highest BCUT2D eigenvalue weighted by Crippen LogP contribution is 2.37. The second-order valence-electron chi connectivity index (χ2n) is 8.15. The van der Waals surface area contributed by atoms with Crippen LogP contribution in [0.4, 0.5) is 0 Å². The Balaban J connectivity index is 4.63. The van der Waals surface area contributed by atoms with Gasteiger partial charge in [-0.25, -0.2) is 0 Å². The third kappa shape index (κ3) is 11.2. The van der Waals surface area contributed by atoms with Crippen molar-refractivity contribution in [1.29, 1.82) is 0 Å². The van der Waals surface area contributed by atoms with E-state index >= 15 is 0 Å². The van der Waals surface area contributed by atoms with E-state index in [2.05, 4.69) is 46.6 Å². The first kappa shape index (κ1) is 23.0. The molecule has 0 spiro atoms. The van der Waals surface area contributed by atoms with Crippen molar-refractivity contribution < 1.29 is 0 Å². The quantitative estimate of drug-likeness (QED) is 0.266. The topological polar surface area (TPSA) is 3.24 Å². The van der Waals surface area contributed by atoms with E-state index in [1.54, 1.807) is 0 Å². The van der Waals surface area contributed by atoms with Crippen molar-refractivity contribution in [3.05, 3.63) is 0 Å². The molecule has 0 aromatic rings. The minimum atomic E-state index is 0.560. The Morgan fingerprint density at radius 2 is 1.26 bits per heavy atom. The predicted octanol–water partition coefficient (Wildman–Crippen LogP) is 7.44. The van der Waals surface area contributed by atoms with Crippen LogP contribution in [0.1, 0.15) is 118 Å². The van der Waals surface area contributed by atoms with Gasteiger partial charge in [-0.15, -0.1) is 0 Å². The van der Waals surface area contributed by atoms with Gasteiger partial charge in [0.2, 0.25) is 0 Å². The van der Waals surface area contributed by atoms with E-state index in [1.165, 1.54) is 90.0 Å². The molecule has 1 nitrogen and oxygen atoms in total. The van der Waals surface area contributed by atoms with Crippen molar-refractivity contribution in [1.82, 2.24) is 4.90 Å². The monoisotopic (exact) mass is 325 g/mol. The molecule has 140 valence electrons. The summed E-state index contributed by atoms with van der Waals surface area (Å²) in [5, 5.41) is 0. The molecule has 0 saturated carbocycles. The smallest absolute Gasteiger partial charge is 0.00971 e.